The van der Waals surface area contributed by atoms with Crippen LogP contribution in [0.5, 0.6) is 5.75 Å². The van der Waals surface area contributed by atoms with Crippen LogP contribution in [0.1, 0.15) is 74.6 Å². The van der Waals surface area contributed by atoms with E-state index in [4.69, 9.17) is 30.5 Å². The minimum atomic E-state index is -4.47. The Hall–Kier alpha value is -4.71. The van der Waals surface area contributed by atoms with Gasteiger partial charge in [0.1, 0.15) is 15.5 Å². The molecule has 0 unspecified atom stereocenters. The lowest BCUT2D eigenvalue weighted by molar-refractivity contribution is 0.221. The van der Waals surface area contributed by atoms with Crippen molar-refractivity contribution in [2.75, 3.05) is 39.3 Å². The topological polar surface area (TPSA) is 191 Å². The third kappa shape index (κ3) is 13.7. The molecular weight excluding hydrogens is 888 g/mol. The number of hydrogen-bond acceptors (Lipinski definition) is 9. The number of unbranched alkanes of at least 4 members (excludes halogenated alkanes) is 1. The second kappa shape index (κ2) is 23.1. The van der Waals surface area contributed by atoms with Gasteiger partial charge in [0.15, 0.2) is 0 Å². The van der Waals surface area contributed by atoms with Crippen LogP contribution in [-0.4, -0.2) is 96.4 Å². The quantitative estimate of drug-likeness (QED) is 0.0701. The number of likely N-dealkylation sites (tertiary alicyclic amines) is 2. The van der Waals surface area contributed by atoms with Crippen molar-refractivity contribution in [3.63, 3.8) is 0 Å². The van der Waals surface area contributed by atoms with Crippen LogP contribution >= 0.6 is 11.6 Å². The molecule has 2 saturated heterocycles. The molecule has 348 valence electrons. The van der Waals surface area contributed by atoms with Gasteiger partial charge in [0.05, 0.1) is 24.2 Å². The van der Waals surface area contributed by atoms with E-state index in [0.717, 1.165) is 103 Å². The molecule has 4 N–H and O–H groups in total. The first-order chi connectivity index (χ1) is 30.8. The second-order valence-corrected chi connectivity index (χ2v) is 19.9. The fourth-order valence-corrected chi connectivity index (χ4v) is 10.4. The van der Waals surface area contributed by atoms with Crippen molar-refractivity contribution in [3.05, 3.63) is 141 Å². The van der Waals surface area contributed by atoms with E-state index in [1.165, 1.54) is 75.0 Å². The molecule has 65 heavy (non-hydrogen) atoms. The van der Waals surface area contributed by atoms with Crippen LogP contribution in [0, 0.1) is 0 Å². The fourth-order valence-electron chi connectivity index (χ4n) is 8.89. The Labute approximate surface area is 386 Å². The van der Waals surface area contributed by atoms with Crippen LogP contribution in [-0.2, 0) is 39.6 Å². The maximum Gasteiger partial charge on any atom is 0.295 e. The van der Waals surface area contributed by atoms with E-state index in [2.05, 4.69) is 34.1 Å². The Morgan fingerprint density at radius 2 is 1.25 bits per heavy atom. The van der Waals surface area contributed by atoms with Crippen LogP contribution in [0.15, 0.2) is 124 Å². The molecule has 0 amide bonds. The van der Waals surface area contributed by atoms with Gasteiger partial charge in [0.25, 0.3) is 25.8 Å². The highest BCUT2D eigenvalue weighted by Gasteiger charge is 2.26. The highest BCUT2D eigenvalue weighted by atomic mass is 35.5. The van der Waals surface area contributed by atoms with Gasteiger partial charge in [-0.1, -0.05) is 91.2 Å². The summed E-state index contributed by atoms with van der Waals surface area (Å²) in [5, 5.41) is 7.39. The molecule has 0 saturated carbocycles. The summed E-state index contributed by atoms with van der Waals surface area (Å²) in [4.78, 5) is 17.9. The molecular formula is C49H59ClN4O9S2. The SMILES string of the molecule is O.O=S(=O)(O)c1cccc2c(S(=O)(=O)O)cccc12.O=c1c2ccccc2c(Cc2ccc(Cl)cc2)nn1C[C@H]1CCCN1CCCCc1ccc(OCCCN2CCCCCC2)cc1. The Balaban J connectivity index is 0.000000309. The molecule has 8 rings (SSSR count). The first-order valence-electron chi connectivity index (χ1n) is 22.2. The van der Waals surface area contributed by atoms with E-state index < -0.39 is 30.0 Å². The minimum absolute atomic E-state index is 0. The zero-order valence-electron chi connectivity index (χ0n) is 36.5. The summed E-state index contributed by atoms with van der Waals surface area (Å²) in [5.74, 6) is 0.980. The van der Waals surface area contributed by atoms with Gasteiger partial charge in [0.2, 0.25) is 0 Å². The maximum absolute atomic E-state index is 13.5. The number of benzene rings is 5. The molecule has 2 aliphatic heterocycles. The predicted molar refractivity (Wildman–Crippen MR) is 256 cm³/mol. The van der Waals surface area contributed by atoms with E-state index in [1.807, 2.05) is 48.5 Å². The van der Waals surface area contributed by atoms with Gasteiger partial charge >= 0.3 is 0 Å². The number of ether oxygens (including phenoxy) is 1. The Kier molecular flexibility index (Phi) is 17.7. The van der Waals surface area contributed by atoms with Crippen LogP contribution in [0.4, 0.5) is 0 Å². The van der Waals surface area contributed by atoms with Crippen molar-refractivity contribution in [2.24, 2.45) is 0 Å². The molecule has 1 atom stereocenters. The largest absolute Gasteiger partial charge is 0.494 e. The van der Waals surface area contributed by atoms with Crippen molar-refractivity contribution >= 4 is 53.4 Å². The third-order valence-corrected chi connectivity index (χ3v) is 14.3. The molecule has 2 aliphatic rings. The molecule has 3 heterocycles. The zero-order chi connectivity index (χ0) is 45.1. The van der Waals surface area contributed by atoms with E-state index in [9.17, 15) is 21.6 Å². The molecule has 16 heteroatoms. The molecule has 0 spiro atoms. The Morgan fingerprint density at radius 1 is 0.646 bits per heavy atom. The molecule has 0 aliphatic carbocycles. The monoisotopic (exact) mass is 946 g/mol. The molecule has 2 fully saturated rings. The van der Waals surface area contributed by atoms with Crippen LogP contribution in [0.3, 0.4) is 0 Å². The summed E-state index contributed by atoms with van der Waals surface area (Å²) in [5.41, 5.74) is 3.45. The lowest BCUT2D eigenvalue weighted by Gasteiger charge is -2.25. The van der Waals surface area contributed by atoms with E-state index in [-0.39, 0.29) is 21.8 Å². The van der Waals surface area contributed by atoms with Gasteiger partial charge in [-0.05, 0) is 131 Å². The Morgan fingerprint density at radius 3 is 1.88 bits per heavy atom. The first kappa shape index (κ1) is 49.7. The fraction of sp³-hybridized carbons (Fsp3) is 0.388. The summed E-state index contributed by atoms with van der Waals surface area (Å²) >= 11 is 6.12. The predicted octanol–water partition coefficient (Wildman–Crippen LogP) is 8.28. The van der Waals surface area contributed by atoms with Gasteiger partial charge < -0.3 is 15.1 Å². The van der Waals surface area contributed by atoms with Gasteiger partial charge in [0, 0.05) is 40.2 Å². The molecule has 5 aromatic carbocycles. The highest BCUT2D eigenvalue weighted by Crippen LogP contribution is 2.28. The van der Waals surface area contributed by atoms with E-state index in [1.54, 1.807) is 4.68 Å². The molecule has 6 aromatic rings. The smallest absolute Gasteiger partial charge is 0.295 e. The van der Waals surface area contributed by atoms with Crippen LogP contribution in [0.25, 0.3) is 21.5 Å². The van der Waals surface area contributed by atoms with Gasteiger partial charge in [-0.25, -0.2) is 4.68 Å². The van der Waals surface area contributed by atoms with Crippen LogP contribution < -0.4 is 10.3 Å². The number of rotatable bonds is 16. The Bertz CT molecular complexity index is 2710. The first-order valence-corrected chi connectivity index (χ1v) is 25.5. The zero-order valence-corrected chi connectivity index (χ0v) is 38.9. The molecule has 0 bridgehead atoms. The summed E-state index contributed by atoms with van der Waals surface area (Å²) in [7, 11) is -8.94. The average Bonchev–Trinajstić information content (AvgIpc) is 3.55. The lowest BCUT2D eigenvalue weighted by atomic mass is 10.0. The number of nitrogens with zero attached hydrogens (tertiary/aromatic N) is 4. The number of aryl methyl sites for hydroxylation is 1. The molecule has 1 aromatic heterocycles. The van der Waals surface area contributed by atoms with E-state index in [0.29, 0.717) is 19.0 Å². The maximum atomic E-state index is 13.5. The third-order valence-electron chi connectivity index (χ3n) is 12.2. The summed E-state index contributed by atoms with van der Waals surface area (Å²) < 4.78 is 70.5. The van der Waals surface area contributed by atoms with Crippen molar-refractivity contribution in [3.8, 4) is 5.75 Å². The standard InChI is InChI=1S/C39H49ClN4O2.C10H8O6S2.H2O/c40-33-19-15-32(16-20-33)29-38-36-13-3-4-14-37(36)39(45)44(41-38)30-34-12-9-27-43(34)26-8-5-11-31-17-21-35(22-18-31)46-28-10-25-42-23-6-1-2-7-24-42;11-17(12,13)9-5-1-3-7-8(9)4-2-6-10(7)18(14,15)16;/h3-4,13-22,34H,1-2,5-12,23-30H2;1-6H,(H,11,12,13)(H,14,15,16);1H2/t34-;;/m1../s1. The van der Waals surface area contributed by atoms with Crippen molar-refractivity contribution in [2.45, 2.75) is 93.0 Å². The number of hydrogen-bond donors (Lipinski definition) is 2. The van der Waals surface area contributed by atoms with Crippen LogP contribution in [0.2, 0.25) is 5.02 Å². The highest BCUT2D eigenvalue weighted by molar-refractivity contribution is 7.86. The van der Waals surface area contributed by atoms with Gasteiger partial charge in [-0.3, -0.25) is 18.8 Å². The number of halogens is 1. The lowest BCUT2D eigenvalue weighted by Crippen LogP contribution is -2.38. The van der Waals surface area contributed by atoms with Crippen molar-refractivity contribution < 1.29 is 36.2 Å². The summed E-state index contributed by atoms with van der Waals surface area (Å²) in [6, 6.07) is 32.3. The van der Waals surface area contributed by atoms with Crippen molar-refractivity contribution in [1.82, 2.24) is 19.6 Å². The summed E-state index contributed by atoms with van der Waals surface area (Å²) in [6.45, 7) is 7.23. The number of fused-ring (bicyclic) bond motifs is 2. The molecule has 0 radical (unpaired) electrons. The van der Waals surface area contributed by atoms with Crippen molar-refractivity contribution in [1.29, 1.82) is 0 Å². The number of aromatic nitrogens is 2. The molecule has 13 nitrogen and oxygen atoms in total. The van der Waals surface area contributed by atoms with Gasteiger partial charge in [-0.2, -0.15) is 21.9 Å². The van der Waals surface area contributed by atoms with Gasteiger partial charge in [-0.15, -0.1) is 0 Å². The average molecular weight is 948 g/mol. The second-order valence-electron chi connectivity index (χ2n) is 16.7. The summed E-state index contributed by atoms with van der Waals surface area (Å²) in [6.07, 6.45) is 12.9. The van der Waals surface area contributed by atoms with E-state index >= 15 is 0 Å². The minimum Gasteiger partial charge on any atom is -0.494 e. The normalized spacial score (nSPS) is 16.1.